The van der Waals surface area contributed by atoms with E-state index < -0.39 is 0 Å². The molecule has 0 saturated carbocycles. The Kier molecular flexibility index (Phi) is 6.10. The predicted molar refractivity (Wildman–Crippen MR) is 118 cm³/mol. The van der Waals surface area contributed by atoms with Gasteiger partial charge in [-0.3, -0.25) is 4.99 Å². The average Bonchev–Trinajstić information content (AvgIpc) is 3.46. The Labute approximate surface area is 178 Å². The highest BCUT2D eigenvalue weighted by Gasteiger charge is 2.14. The summed E-state index contributed by atoms with van der Waals surface area (Å²) in [4.78, 5) is 5.56. The van der Waals surface area contributed by atoms with Crippen LogP contribution in [0.5, 0.6) is 11.5 Å². The van der Waals surface area contributed by atoms with Gasteiger partial charge in [0.2, 0.25) is 4.80 Å². The second-order valence-electron chi connectivity index (χ2n) is 6.34. The Morgan fingerprint density at radius 1 is 1.03 bits per heavy atom. The number of rotatable bonds is 7. The molecule has 0 spiro atoms. The van der Waals surface area contributed by atoms with Crippen LogP contribution in [0.25, 0.3) is 11.3 Å². The Morgan fingerprint density at radius 2 is 1.90 bits per heavy atom. The molecule has 2 aromatic carbocycles. The quantitative estimate of drug-likeness (QED) is 0.404. The molecule has 4 aromatic rings. The van der Waals surface area contributed by atoms with Crippen LogP contribution in [-0.4, -0.2) is 25.1 Å². The molecule has 0 radical (unpaired) electrons. The van der Waals surface area contributed by atoms with Crippen LogP contribution in [0.2, 0.25) is 0 Å². The lowest BCUT2D eigenvalue weighted by molar-refractivity contribution is 0.395. The smallest absolute Gasteiger partial charge is 0.206 e. The van der Waals surface area contributed by atoms with E-state index in [-0.39, 0.29) is 0 Å². The topological polar surface area (TPSA) is 61.2 Å². The summed E-state index contributed by atoms with van der Waals surface area (Å²) in [6.45, 7) is 0.566. The SMILES string of the molecule is COc1ccc(-c2csc(=NCc3ccccc3)n2N=Cc2ccco2)c(OC)c1. The first-order valence-electron chi connectivity index (χ1n) is 9.33. The molecule has 2 heterocycles. The average molecular weight is 420 g/mol. The standard InChI is InChI=1S/C23H21N3O3S/c1-27-18-10-11-20(22(13-18)28-2)21-16-30-23(24-14-17-7-4-3-5-8-17)26(21)25-15-19-9-6-12-29-19/h3-13,15-16H,14H2,1-2H3. The zero-order valence-electron chi connectivity index (χ0n) is 16.7. The minimum absolute atomic E-state index is 0.566. The van der Waals surface area contributed by atoms with Crippen molar-refractivity contribution in [3.05, 3.63) is 88.4 Å². The lowest BCUT2D eigenvalue weighted by Crippen LogP contribution is -2.12. The lowest BCUT2D eigenvalue weighted by atomic mass is 10.1. The van der Waals surface area contributed by atoms with Crippen LogP contribution in [0, 0.1) is 0 Å². The number of furan rings is 1. The van der Waals surface area contributed by atoms with Gasteiger partial charge in [-0.2, -0.15) is 5.10 Å². The number of thiazole rings is 1. The third-order valence-corrected chi connectivity index (χ3v) is 5.31. The zero-order chi connectivity index (χ0) is 20.8. The number of methoxy groups -OCH3 is 2. The highest BCUT2D eigenvalue weighted by atomic mass is 32.1. The van der Waals surface area contributed by atoms with Crippen molar-refractivity contribution in [2.75, 3.05) is 14.2 Å². The van der Waals surface area contributed by atoms with Gasteiger partial charge in [-0.1, -0.05) is 30.3 Å². The largest absolute Gasteiger partial charge is 0.497 e. The predicted octanol–water partition coefficient (Wildman–Crippen LogP) is 4.81. The van der Waals surface area contributed by atoms with E-state index in [0.29, 0.717) is 18.1 Å². The van der Waals surface area contributed by atoms with Gasteiger partial charge >= 0.3 is 0 Å². The van der Waals surface area contributed by atoms with Crippen LogP contribution >= 0.6 is 11.3 Å². The van der Waals surface area contributed by atoms with E-state index in [1.54, 1.807) is 31.4 Å². The molecule has 4 rings (SSSR count). The van der Waals surface area contributed by atoms with Gasteiger partial charge in [-0.15, -0.1) is 11.3 Å². The number of ether oxygens (including phenoxy) is 2. The molecule has 0 aliphatic heterocycles. The van der Waals surface area contributed by atoms with E-state index in [4.69, 9.17) is 18.9 Å². The van der Waals surface area contributed by atoms with Crippen LogP contribution in [0.3, 0.4) is 0 Å². The molecule has 0 saturated heterocycles. The molecule has 0 atom stereocenters. The maximum absolute atomic E-state index is 5.60. The third kappa shape index (κ3) is 4.36. The van der Waals surface area contributed by atoms with E-state index >= 15 is 0 Å². The maximum atomic E-state index is 5.60. The number of hydrogen-bond acceptors (Lipinski definition) is 6. The summed E-state index contributed by atoms with van der Waals surface area (Å²) in [6, 6.07) is 19.5. The van der Waals surface area contributed by atoms with Crippen molar-refractivity contribution >= 4 is 17.6 Å². The minimum atomic E-state index is 0.566. The molecule has 7 heteroatoms. The third-order valence-electron chi connectivity index (χ3n) is 4.45. The molecule has 6 nitrogen and oxygen atoms in total. The summed E-state index contributed by atoms with van der Waals surface area (Å²) in [5.41, 5.74) is 2.90. The Hall–Kier alpha value is -3.58. The molecule has 0 aliphatic carbocycles. The van der Waals surface area contributed by atoms with Crippen molar-refractivity contribution < 1.29 is 13.9 Å². The number of aromatic nitrogens is 1. The van der Waals surface area contributed by atoms with E-state index in [9.17, 15) is 0 Å². The monoisotopic (exact) mass is 419 g/mol. The first-order valence-corrected chi connectivity index (χ1v) is 10.2. The fourth-order valence-corrected chi connectivity index (χ4v) is 3.76. The normalized spacial score (nSPS) is 11.9. The Morgan fingerprint density at radius 3 is 2.63 bits per heavy atom. The van der Waals surface area contributed by atoms with E-state index in [1.165, 1.54) is 11.3 Å². The molecule has 0 unspecified atom stereocenters. The second-order valence-corrected chi connectivity index (χ2v) is 7.18. The van der Waals surface area contributed by atoms with Crippen LogP contribution in [-0.2, 0) is 6.54 Å². The van der Waals surface area contributed by atoms with E-state index in [0.717, 1.165) is 27.4 Å². The number of benzene rings is 2. The highest BCUT2D eigenvalue weighted by molar-refractivity contribution is 7.07. The van der Waals surface area contributed by atoms with E-state index in [1.807, 2.05) is 53.9 Å². The van der Waals surface area contributed by atoms with Gasteiger partial charge in [0.25, 0.3) is 0 Å². The minimum Gasteiger partial charge on any atom is -0.497 e. The lowest BCUT2D eigenvalue weighted by Gasteiger charge is -2.10. The summed E-state index contributed by atoms with van der Waals surface area (Å²) < 4.78 is 18.1. The van der Waals surface area contributed by atoms with Crippen LogP contribution < -0.4 is 14.3 Å². The highest BCUT2D eigenvalue weighted by Crippen LogP contribution is 2.33. The van der Waals surface area contributed by atoms with Gasteiger partial charge in [0.05, 0.1) is 38.9 Å². The molecule has 0 bridgehead atoms. The van der Waals surface area contributed by atoms with Gasteiger partial charge in [0.15, 0.2) is 0 Å². The van der Waals surface area contributed by atoms with Crippen molar-refractivity contribution in [2.45, 2.75) is 6.54 Å². The van der Waals surface area contributed by atoms with Crippen LogP contribution in [0.15, 0.2) is 86.8 Å². The number of hydrogen-bond donors (Lipinski definition) is 0. The zero-order valence-corrected chi connectivity index (χ0v) is 17.5. The van der Waals surface area contributed by atoms with Crippen LogP contribution in [0.4, 0.5) is 0 Å². The van der Waals surface area contributed by atoms with Gasteiger partial charge in [-0.25, -0.2) is 4.68 Å². The van der Waals surface area contributed by atoms with Crippen molar-refractivity contribution in [2.24, 2.45) is 10.1 Å². The van der Waals surface area contributed by atoms with Crippen molar-refractivity contribution in [1.82, 2.24) is 4.68 Å². The maximum Gasteiger partial charge on any atom is 0.206 e. The van der Waals surface area contributed by atoms with Gasteiger partial charge < -0.3 is 13.9 Å². The fourth-order valence-electron chi connectivity index (χ4n) is 2.94. The first kappa shape index (κ1) is 19.7. The number of nitrogens with zero attached hydrogens (tertiary/aromatic N) is 3. The van der Waals surface area contributed by atoms with Crippen molar-refractivity contribution in [1.29, 1.82) is 0 Å². The van der Waals surface area contributed by atoms with Gasteiger partial charge in [0.1, 0.15) is 17.3 Å². The molecular weight excluding hydrogens is 398 g/mol. The summed E-state index contributed by atoms with van der Waals surface area (Å²) >= 11 is 1.52. The molecule has 152 valence electrons. The molecule has 0 aliphatic rings. The first-order chi connectivity index (χ1) is 14.8. The molecular formula is C23H21N3O3S. The summed E-state index contributed by atoms with van der Waals surface area (Å²) in [7, 11) is 3.27. The van der Waals surface area contributed by atoms with Gasteiger partial charge in [-0.05, 0) is 29.8 Å². The molecule has 30 heavy (non-hydrogen) atoms. The van der Waals surface area contributed by atoms with Crippen LogP contribution in [0.1, 0.15) is 11.3 Å². The Bertz CT molecular complexity index is 1190. The molecule has 2 aromatic heterocycles. The summed E-state index contributed by atoms with van der Waals surface area (Å²) in [5, 5.41) is 6.66. The van der Waals surface area contributed by atoms with Gasteiger partial charge in [0, 0.05) is 17.0 Å². The van der Waals surface area contributed by atoms with E-state index in [2.05, 4.69) is 17.2 Å². The van der Waals surface area contributed by atoms with Crippen molar-refractivity contribution in [3.63, 3.8) is 0 Å². The second kappa shape index (κ2) is 9.28. The molecule has 0 amide bonds. The molecule has 0 N–H and O–H groups in total. The van der Waals surface area contributed by atoms with Crippen molar-refractivity contribution in [3.8, 4) is 22.8 Å². The molecule has 0 fully saturated rings. The summed E-state index contributed by atoms with van der Waals surface area (Å²) in [6.07, 6.45) is 3.29. The fraction of sp³-hybridized carbons (Fsp3) is 0.130. The Balaban J connectivity index is 1.80. The summed E-state index contributed by atoms with van der Waals surface area (Å²) in [5.74, 6) is 2.09.